The topological polar surface area (TPSA) is 66.4 Å². The summed E-state index contributed by atoms with van der Waals surface area (Å²) in [5.74, 6) is -0.951. The Balaban J connectivity index is 2.42. The summed E-state index contributed by atoms with van der Waals surface area (Å²) in [4.78, 5) is 23.9. The van der Waals surface area contributed by atoms with E-state index >= 15 is 0 Å². The third-order valence-electron chi connectivity index (χ3n) is 2.56. The highest BCUT2D eigenvalue weighted by Crippen LogP contribution is 2.20. The molecule has 2 N–H and O–H groups in total. The molecule has 0 fully saturated rings. The fourth-order valence-electron chi connectivity index (χ4n) is 1.68. The predicted octanol–water partition coefficient (Wildman–Crippen LogP) is 3.06. The number of carboxylic acids is 1. The number of thiophene rings is 1. The molecule has 0 saturated carbocycles. The zero-order valence-electron chi connectivity index (χ0n) is 11.0. The molecule has 4 nitrogen and oxygen atoms in total. The van der Waals surface area contributed by atoms with Crippen LogP contribution < -0.4 is 5.32 Å². The van der Waals surface area contributed by atoms with Gasteiger partial charge in [-0.2, -0.15) is 0 Å². The van der Waals surface area contributed by atoms with Gasteiger partial charge in [-0.15, -0.1) is 11.3 Å². The first-order valence-corrected chi connectivity index (χ1v) is 7.80. The van der Waals surface area contributed by atoms with E-state index in [1.165, 1.54) is 0 Å². The van der Waals surface area contributed by atoms with Gasteiger partial charge in [0.15, 0.2) is 0 Å². The van der Waals surface area contributed by atoms with Crippen LogP contribution in [0.4, 0.5) is 0 Å². The predicted molar refractivity (Wildman–Crippen MR) is 79.4 cm³/mol. The van der Waals surface area contributed by atoms with Crippen molar-refractivity contribution < 1.29 is 14.7 Å². The smallest absolute Gasteiger partial charge is 0.326 e. The Morgan fingerprint density at radius 3 is 2.63 bits per heavy atom. The lowest BCUT2D eigenvalue weighted by Crippen LogP contribution is -2.41. The number of nitrogens with one attached hydrogen (secondary N) is 1. The van der Waals surface area contributed by atoms with Crippen molar-refractivity contribution in [2.45, 2.75) is 39.2 Å². The van der Waals surface area contributed by atoms with Gasteiger partial charge in [0.2, 0.25) is 5.91 Å². The van der Waals surface area contributed by atoms with Gasteiger partial charge < -0.3 is 10.4 Å². The Morgan fingerprint density at radius 1 is 1.47 bits per heavy atom. The summed E-state index contributed by atoms with van der Waals surface area (Å²) in [6.07, 6.45) is 1.40. The highest BCUT2D eigenvalue weighted by Gasteiger charge is 2.20. The second-order valence-corrected chi connectivity index (χ2v) is 6.73. The molecule has 0 bridgehead atoms. The van der Waals surface area contributed by atoms with E-state index in [0.29, 0.717) is 19.3 Å². The third kappa shape index (κ3) is 6.20. The minimum absolute atomic E-state index is 0.211. The molecule has 1 unspecified atom stereocenters. The van der Waals surface area contributed by atoms with E-state index in [0.717, 1.165) is 9.35 Å². The van der Waals surface area contributed by atoms with Crippen LogP contribution in [0, 0.1) is 5.92 Å². The molecule has 0 aromatic carbocycles. The van der Waals surface area contributed by atoms with Gasteiger partial charge in [0.1, 0.15) is 6.04 Å². The van der Waals surface area contributed by atoms with Crippen LogP contribution in [0.1, 0.15) is 31.6 Å². The number of hydrogen-bond acceptors (Lipinski definition) is 3. The molecule has 0 radical (unpaired) electrons. The van der Waals surface area contributed by atoms with Crippen LogP contribution in [0.15, 0.2) is 15.9 Å². The molecular formula is C13H18BrNO3S. The Morgan fingerprint density at radius 2 is 2.16 bits per heavy atom. The Hall–Kier alpha value is -0.880. The zero-order chi connectivity index (χ0) is 14.4. The molecule has 1 atom stereocenters. The molecule has 0 spiro atoms. The Labute approximate surface area is 125 Å². The Bertz CT molecular complexity index is 445. The summed E-state index contributed by atoms with van der Waals surface area (Å²) in [5.41, 5.74) is 0. The van der Waals surface area contributed by atoms with E-state index in [2.05, 4.69) is 21.2 Å². The maximum absolute atomic E-state index is 11.7. The van der Waals surface area contributed by atoms with Crippen molar-refractivity contribution in [2.24, 2.45) is 5.92 Å². The van der Waals surface area contributed by atoms with E-state index in [1.807, 2.05) is 25.3 Å². The highest BCUT2D eigenvalue weighted by molar-refractivity contribution is 9.10. The molecule has 1 aromatic heterocycles. The maximum atomic E-state index is 11.7. The van der Waals surface area contributed by atoms with Gasteiger partial charge in [-0.1, -0.05) is 13.8 Å². The van der Waals surface area contributed by atoms with Crippen LogP contribution >= 0.6 is 27.3 Å². The van der Waals surface area contributed by atoms with Gasteiger partial charge in [-0.3, -0.25) is 4.79 Å². The van der Waals surface area contributed by atoms with Crippen LogP contribution in [-0.4, -0.2) is 23.0 Å². The second-order valence-electron chi connectivity index (χ2n) is 4.82. The quantitative estimate of drug-likeness (QED) is 0.796. The van der Waals surface area contributed by atoms with Gasteiger partial charge in [-0.25, -0.2) is 4.79 Å². The van der Waals surface area contributed by atoms with Crippen LogP contribution in [-0.2, 0) is 16.0 Å². The van der Waals surface area contributed by atoms with E-state index in [-0.39, 0.29) is 11.8 Å². The normalized spacial score (nSPS) is 12.4. The average molecular weight is 348 g/mol. The monoisotopic (exact) mass is 347 g/mol. The lowest BCUT2D eigenvalue weighted by molar-refractivity contribution is -0.142. The molecule has 0 aliphatic heterocycles. The minimum atomic E-state index is -0.971. The number of amides is 1. The van der Waals surface area contributed by atoms with Gasteiger partial charge in [0.05, 0.1) is 0 Å². The molecule has 0 saturated heterocycles. The van der Waals surface area contributed by atoms with Crippen LogP contribution in [0.5, 0.6) is 0 Å². The van der Waals surface area contributed by atoms with E-state index in [9.17, 15) is 9.59 Å². The molecule has 19 heavy (non-hydrogen) atoms. The number of aliphatic carboxylic acids is 1. The summed E-state index contributed by atoms with van der Waals surface area (Å²) in [6, 6.07) is 1.18. The van der Waals surface area contributed by atoms with E-state index in [4.69, 9.17) is 5.11 Å². The van der Waals surface area contributed by atoms with Crippen LogP contribution in [0.3, 0.4) is 0 Å². The fraction of sp³-hybridized carbons (Fsp3) is 0.538. The first kappa shape index (κ1) is 16.2. The van der Waals surface area contributed by atoms with Gasteiger partial charge in [0, 0.05) is 21.2 Å². The van der Waals surface area contributed by atoms with Gasteiger partial charge in [-0.05, 0) is 40.8 Å². The third-order valence-corrected chi connectivity index (χ3v) is 4.32. The minimum Gasteiger partial charge on any atom is -0.480 e. The van der Waals surface area contributed by atoms with Crippen molar-refractivity contribution in [3.63, 3.8) is 0 Å². The zero-order valence-corrected chi connectivity index (χ0v) is 13.4. The molecule has 1 heterocycles. The number of rotatable bonds is 7. The molecular weight excluding hydrogens is 330 g/mol. The number of carbonyl (C=O) groups is 2. The number of carboxylic acid groups (broad SMARTS) is 1. The summed E-state index contributed by atoms with van der Waals surface area (Å²) < 4.78 is 1.01. The maximum Gasteiger partial charge on any atom is 0.326 e. The van der Waals surface area contributed by atoms with Gasteiger partial charge in [0.25, 0.3) is 0 Å². The van der Waals surface area contributed by atoms with Crippen LogP contribution in [0.2, 0.25) is 0 Å². The first-order chi connectivity index (χ1) is 8.88. The SMILES string of the molecule is CC(C)CC(NC(=O)CCc1cc(Br)cs1)C(=O)O. The van der Waals surface area contributed by atoms with Crippen LogP contribution in [0.25, 0.3) is 0 Å². The van der Waals surface area contributed by atoms with Crippen molar-refractivity contribution in [1.82, 2.24) is 5.32 Å². The number of aryl methyl sites for hydroxylation is 1. The van der Waals surface area contributed by atoms with Crippen molar-refractivity contribution in [1.29, 1.82) is 0 Å². The summed E-state index contributed by atoms with van der Waals surface area (Å²) in [7, 11) is 0. The lowest BCUT2D eigenvalue weighted by atomic mass is 10.0. The Kier molecular flexibility index (Phi) is 6.51. The van der Waals surface area contributed by atoms with Crippen molar-refractivity contribution in [3.05, 3.63) is 20.8 Å². The molecule has 6 heteroatoms. The van der Waals surface area contributed by atoms with Crippen molar-refractivity contribution in [3.8, 4) is 0 Å². The van der Waals surface area contributed by atoms with E-state index in [1.54, 1.807) is 11.3 Å². The molecule has 1 rings (SSSR count). The van der Waals surface area contributed by atoms with Gasteiger partial charge >= 0.3 is 5.97 Å². The summed E-state index contributed by atoms with van der Waals surface area (Å²) in [5, 5.41) is 13.6. The molecule has 0 aliphatic carbocycles. The molecule has 1 aromatic rings. The summed E-state index contributed by atoms with van der Waals surface area (Å²) in [6.45, 7) is 3.87. The second kappa shape index (κ2) is 7.65. The number of hydrogen-bond donors (Lipinski definition) is 2. The standard InChI is InChI=1S/C13H18BrNO3S/c1-8(2)5-11(13(17)18)15-12(16)4-3-10-6-9(14)7-19-10/h6-8,11H,3-5H2,1-2H3,(H,15,16)(H,17,18). The van der Waals surface area contributed by atoms with Crippen molar-refractivity contribution >= 4 is 39.1 Å². The highest BCUT2D eigenvalue weighted by atomic mass is 79.9. The van der Waals surface area contributed by atoms with Crippen molar-refractivity contribution in [2.75, 3.05) is 0 Å². The lowest BCUT2D eigenvalue weighted by Gasteiger charge is -2.16. The number of carbonyl (C=O) groups excluding carboxylic acids is 1. The molecule has 1 amide bonds. The fourth-order valence-corrected chi connectivity index (χ4v) is 3.14. The number of halogens is 1. The largest absolute Gasteiger partial charge is 0.480 e. The first-order valence-electron chi connectivity index (χ1n) is 6.13. The van der Waals surface area contributed by atoms with E-state index < -0.39 is 12.0 Å². The average Bonchev–Trinajstić information content (AvgIpc) is 2.71. The molecule has 106 valence electrons. The summed E-state index contributed by atoms with van der Waals surface area (Å²) >= 11 is 4.94. The molecule has 0 aliphatic rings.